The van der Waals surface area contributed by atoms with Crippen LogP contribution in [-0.4, -0.2) is 10.9 Å². The first-order chi connectivity index (χ1) is 2.73. The average molecular weight is 150 g/mol. The van der Waals surface area contributed by atoms with Crippen molar-refractivity contribution in [1.82, 2.24) is 0 Å². The van der Waals surface area contributed by atoms with Crippen LogP contribution in [0.3, 0.4) is 0 Å². The molecule has 1 fully saturated rings. The zero-order valence-electron chi connectivity index (χ0n) is 3.69. The summed E-state index contributed by atoms with van der Waals surface area (Å²) in [6.07, 6.45) is 0. The number of alkyl halides is 1. The summed E-state index contributed by atoms with van der Waals surface area (Å²) in [7, 11) is 0. The van der Waals surface area contributed by atoms with E-state index in [0.717, 1.165) is 0 Å². The van der Waals surface area contributed by atoms with Gasteiger partial charge in [-0.3, -0.25) is 0 Å². The molecule has 0 aromatic carbocycles. The maximum atomic E-state index is 5.46. The smallest absolute Gasteiger partial charge is 0.0340 e. The maximum Gasteiger partial charge on any atom is 0.0340 e. The molecule has 1 rings (SSSR count). The van der Waals surface area contributed by atoms with E-state index in [1.807, 2.05) is 0 Å². The molecule has 0 radical (unpaired) electrons. The van der Waals surface area contributed by atoms with Gasteiger partial charge in [0.1, 0.15) is 0 Å². The number of halogens is 1. The highest BCUT2D eigenvalue weighted by molar-refractivity contribution is 9.09. The Hall–Kier alpha value is 0.440. The molecular weight excluding hydrogens is 142 g/mol. The van der Waals surface area contributed by atoms with Crippen LogP contribution in [0.15, 0.2) is 0 Å². The molecule has 36 valence electrons. The maximum absolute atomic E-state index is 5.46. The Morgan fingerprint density at radius 1 is 1.67 bits per heavy atom. The molecule has 0 aliphatic heterocycles. The molecule has 0 saturated heterocycles. The van der Waals surface area contributed by atoms with Crippen LogP contribution >= 0.6 is 15.9 Å². The van der Waals surface area contributed by atoms with Crippen molar-refractivity contribution in [2.45, 2.75) is 17.8 Å². The van der Waals surface area contributed by atoms with Crippen molar-refractivity contribution >= 4 is 15.9 Å². The van der Waals surface area contributed by atoms with Gasteiger partial charge >= 0.3 is 0 Å². The van der Waals surface area contributed by atoms with Gasteiger partial charge in [0.2, 0.25) is 0 Å². The van der Waals surface area contributed by atoms with E-state index in [9.17, 15) is 0 Å². The first-order valence-corrected chi connectivity index (χ1v) is 3.04. The molecule has 0 aromatic rings. The highest BCUT2D eigenvalue weighted by Crippen LogP contribution is 2.35. The minimum atomic E-state index is 0.435. The van der Waals surface area contributed by atoms with Gasteiger partial charge < -0.3 is 5.73 Å². The molecule has 2 N–H and O–H groups in total. The van der Waals surface area contributed by atoms with Gasteiger partial charge in [0.25, 0.3) is 0 Å². The van der Waals surface area contributed by atoms with Crippen LogP contribution in [0, 0.1) is 5.92 Å². The second-order valence-electron chi connectivity index (χ2n) is 1.88. The molecule has 0 heterocycles. The van der Waals surface area contributed by atoms with Gasteiger partial charge in [-0.05, 0) is 5.92 Å². The Balaban J connectivity index is 2.31. The summed E-state index contributed by atoms with van der Waals surface area (Å²) in [6, 6.07) is 0.435. The number of hydrogen-bond donors (Lipinski definition) is 1. The van der Waals surface area contributed by atoms with Gasteiger partial charge in [-0.2, -0.15) is 0 Å². The summed E-state index contributed by atoms with van der Waals surface area (Å²) in [5.41, 5.74) is 5.46. The van der Waals surface area contributed by atoms with Crippen LogP contribution in [0.2, 0.25) is 0 Å². The minimum absolute atomic E-state index is 0.435. The summed E-state index contributed by atoms with van der Waals surface area (Å²) in [5.74, 6) is 0.713. The lowest BCUT2D eigenvalue weighted by Gasteiger charge is -1.68. The highest BCUT2D eigenvalue weighted by atomic mass is 79.9. The lowest BCUT2D eigenvalue weighted by Crippen LogP contribution is -2.01. The van der Waals surface area contributed by atoms with Gasteiger partial charge in [0.05, 0.1) is 0 Å². The van der Waals surface area contributed by atoms with Crippen molar-refractivity contribution in [3.8, 4) is 0 Å². The first kappa shape index (κ1) is 4.60. The average Bonchev–Trinajstić information content (AvgIpc) is 1.94. The Bertz CT molecular complexity index is 44.3. The normalized spacial score (nSPS) is 55.5. The Morgan fingerprint density at radius 3 is 1.83 bits per heavy atom. The molecule has 0 bridgehead atoms. The van der Waals surface area contributed by atoms with E-state index in [1.165, 1.54) is 0 Å². The topological polar surface area (TPSA) is 26.0 Å². The Morgan fingerprint density at radius 2 is 1.83 bits per heavy atom. The molecule has 1 saturated carbocycles. The molecular formula is C4H8BrN. The summed E-state index contributed by atoms with van der Waals surface area (Å²) >= 11 is 3.39. The molecule has 6 heavy (non-hydrogen) atoms. The first-order valence-electron chi connectivity index (χ1n) is 2.13. The number of rotatable bonds is 0. The molecule has 3 atom stereocenters. The number of hydrogen-bond acceptors (Lipinski definition) is 1. The van der Waals surface area contributed by atoms with Gasteiger partial charge in [-0.25, -0.2) is 0 Å². The molecule has 0 aromatic heterocycles. The van der Waals surface area contributed by atoms with Crippen molar-refractivity contribution < 1.29 is 0 Å². The van der Waals surface area contributed by atoms with Crippen LogP contribution in [0.1, 0.15) is 6.92 Å². The van der Waals surface area contributed by atoms with E-state index in [1.54, 1.807) is 0 Å². The fraction of sp³-hybridized carbons (Fsp3) is 1.00. The predicted octanol–water partition coefficient (Wildman–Crippen LogP) is 0.727. The van der Waals surface area contributed by atoms with E-state index in [0.29, 0.717) is 16.8 Å². The Kier molecular flexibility index (Phi) is 0.922. The van der Waals surface area contributed by atoms with Crippen molar-refractivity contribution in [3.63, 3.8) is 0 Å². The third kappa shape index (κ3) is 0.482. The van der Waals surface area contributed by atoms with Crippen LogP contribution in [0.4, 0.5) is 0 Å². The number of nitrogens with two attached hydrogens (primary N) is 1. The van der Waals surface area contributed by atoms with Crippen LogP contribution in [-0.2, 0) is 0 Å². The summed E-state index contributed by atoms with van der Waals surface area (Å²) in [5, 5.41) is 0. The van der Waals surface area contributed by atoms with E-state index in [-0.39, 0.29) is 0 Å². The summed E-state index contributed by atoms with van der Waals surface area (Å²) in [6.45, 7) is 2.14. The molecule has 1 aliphatic carbocycles. The van der Waals surface area contributed by atoms with Crippen molar-refractivity contribution in [1.29, 1.82) is 0 Å². The molecule has 1 aliphatic rings. The molecule has 0 amide bonds. The largest absolute Gasteiger partial charge is 0.326 e. The summed E-state index contributed by atoms with van der Waals surface area (Å²) < 4.78 is 0. The fourth-order valence-corrected chi connectivity index (χ4v) is 1.10. The van der Waals surface area contributed by atoms with Crippen molar-refractivity contribution in [3.05, 3.63) is 0 Å². The second kappa shape index (κ2) is 1.20. The van der Waals surface area contributed by atoms with Gasteiger partial charge in [0, 0.05) is 10.9 Å². The second-order valence-corrected chi connectivity index (χ2v) is 2.94. The van der Waals surface area contributed by atoms with Crippen LogP contribution in [0.5, 0.6) is 0 Å². The molecule has 0 spiro atoms. The predicted molar refractivity (Wildman–Crippen MR) is 29.9 cm³/mol. The molecule has 0 unspecified atom stereocenters. The SMILES string of the molecule is C[C@@H]1[C@H](N)[C@H]1Br. The van der Waals surface area contributed by atoms with Gasteiger partial charge in [-0.15, -0.1) is 0 Å². The highest BCUT2D eigenvalue weighted by Gasteiger charge is 2.41. The monoisotopic (exact) mass is 149 g/mol. The Labute approximate surface area is 46.0 Å². The van der Waals surface area contributed by atoms with Crippen LogP contribution < -0.4 is 5.73 Å². The standard InChI is InChI=1S/C4H8BrN/c1-2-3(5)4(2)6/h2-4H,6H2,1H3/t2-,3-,4-/m0/s1. The van der Waals surface area contributed by atoms with Crippen molar-refractivity contribution in [2.24, 2.45) is 11.7 Å². The van der Waals surface area contributed by atoms with E-state index in [4.69, 9.17) is 5.73 Å². The summed E-state index contributed by atoms with van der Waals surface area (Å²) in [4.78, 5) is 0.609. The third-order valence-corrected chi connectivity index (χ3v) is 2.78. The zero-order valence-corrected chi connectivity index (χ0v) is 5.27. The minimum Gasteiger partial charge on any atom is -0.326 e. The van der Waals surface area contributed by atoms with E-state index >= 15 is 0 Å². The van der Waals surface area contributed by atoms with Gasteiger partial charge in [0.15, 0.2) is 0 Å². The lowest BCUT2D eigenvalue weighted by atomic mass is 10.5. The lowest BCUT2D eigenvalue weighted by molar-refractivity contribution is 0.895. The quantitative estimate of drug-likeness (QED) is 0.506. The van der Waals surface area contributed by atoms with Gasteiger partial charge in [-0.1, -0.05) is 22.9 Å². The van der Waals surface area contributed by atoms with E-state index in [2.05, 4.69) is 22.9 Å². The fourth-order valence-electron chi connectivity index (χ4n) is 0.443. The molecule has 2 heteroatoms. The molecule has 1 nitrogen and oxygen atoms in total. The van der Waals surface area contributed by atoms with Crippen molar-refractivity contribution in [2.75, 3.05) is 0 Å². The zero-order chi connectivity index (χ0) is 4.73. The van der Waals surface area contributed by atoms with Crippen LogP contribution in [0.25, 0.3) is 0 Å². The third-order valence-electron chi connectivity index (χ3n) is 1.34. The van der Waals surface area contributed by atoms with E-state index < -0.39 is 0 Å².